The van der Waals surface area contributed by atoms with E-state index in [0.29, 0.717) is 17.7 Å². The van der Waals surface area contributed by atoms with Crippen LogP contribution in [-0.4, -0.2) is 61.0 Å². The highest BCUT2D eigenvalue weighted by molar-refractivity contribution is 6.40. The summed E-state index contributed by atoms with van der Waals surface area (Å²) in [4.78, 5) is 30.5. The van der Waals surface area contributed by atoms with E-state index in [2.05, 4.69) is 25.8 Å². The van der Waals surface area contributed by atoms with Crippen molar-refractivity contribution in [1.29, 1.82) is 0 Å². The number of fused-ring (bicyclic) bond motifs is 1. The van der Waals surface area contributed by atoms with Gasteiger partial charge in [0.25, 0.3) is 0 Å². The van der Waals surface area contributed by atoms with Crippen LogP contribution in [0.3, 0.4) is 0 Å². The molecule has 1 aromatic carbocycles. The van der Waals surface area contributed by atoms with Crippen molar-refractivity contribution in [3.63, 3.8) is 0 Å². The molecule has 0 radical (unpaired) electrons. The summed E-state index contributed by atoms with van der Waals surface area (Å²) in [6, 6.07) is 9.21. The Kier molecular flexibility index (Phi) is 5.35. The third-order valence-electron chi connectivity index (χ3n) is 4.01. The number of hydrogen-bond acceptors (Lipinski definition) is 5. The molecule has 0 unspecified atom stereocenters. The predicted molar refractivity (Wildman–Crippen MR) is 92.7 cm³/mol. The summed E-state index contributed by atoms with van der Waals surface area (Å²) in [7, 11) is 0. The molecular formula is C17H21N5O2. The topological polar surface area (TPSA) is 86.4 Å². The number of para-hydroxylation sites is 1. The number of benzene rings is 1. The van der Waals surface area contributed by atoms with Gasteiger partial charge in [0, 0.05) is 50.9 Å². The van der Waals surface area contributed by atoms with E-state index in [9.17, 15) is 9.59 Å². The molecule has 7 nitrogen and oxygen atoms in total. The molecule has 1 fully saturated rings. The number of carbonyl (C=O) groups is 2. The van der Waals surface area contributed by atoms with Crippen molar-refractivity contribution in [2.45, 2.75) is 0 Å². The zero-order valence-electron chi connectivity index (χ0n) is 13.4. The average Bonchev–Trinajstić information content (AvgIpc) is 2.63. The molecular weight excluding hydrogens is 306 g/mol. The number of rotatable bonds is 4. The van der Waals surface area contributed by atoms with Gasteiger partial charge in [0.1, 0.15) is 0 Å². The van der Waals surface area contributed by atoms with Crippen LogP contribution in [-0.2, 0) is 9.59 Å². The maximum Gasteiger partial charge on any atom is 0.313 e. The SMILES string of the molecule is O=C(NCCN1CCNCC1)C(=O)Nc1cccc2cccnc12. The van der Waals surface area contributed by atoms with Crippen molar-refractivity contribution in [1.82, 2.24) is 20.5 Å². The number of pyridine rings is 1. The van der Waals surface area contributed by atoms with E-state index < -0.39 is 11.8 Å². The highest BCUT2D eigenvalue weighted by Crippen LogP contribution is 2.20. The van der Waals surface area contributed by atoms with Crippen LogP contribution in [0.25, 0.3) is 10.9 Å². The molecule has 2 heterocycles. The van der Waals surface area contributed by atoms with Crippen molar-refractivity contribution < 1.29 is 9.59 Å². The Morgan fingerprint density at radius 1 is 1.12 bits per heavy atom. The van der Waals surface area contributed by atoms with Crippen molar-refractivity contribution in [2.24, 2.45) is 0 Å². The van der Waals surface area contributed by atoms with Crippen molar-refractivity contribution >= 4 is 28.4 Å². The summed E-state index contributed by atoms with van der Waals surface area (Å²) in [5.41, 5.74) is 1.21. The van der Waals surface area contributed by atoms with Gasteiger partial charge in [-0.2, -0.15) is 0 Å². The van der Waals surface area contributed by atoms with E-state index in [4.69, 9.17) is 0 Å². The van der Waals surface area contributed by atoms with Crippen molar-refractivity contribution in [2.75, 3.05) is 44.6 Å². The van der Waals surface area contributed by atoms with Gasteiger partial charge in [-0.1, -0.05) is 18.2 Å². The lowest BCUT2D eigenvalue weighted by Gasteiger charge is -2.26. The average molecular weight is 327 g/mol. The van der Waals surface area contributed by atoms with E-state index in [-0.39, 0.29) is 0 Å². The van der Waals surface area contributed by atoms with Gasteiger partial charge in [-0.05, 0) is 12.1 Å². The molecule has 7 heteroatoms. The number of piperazine rings is 1. The van der Waals surface area contributed by atoms with E-state index in [1.807, 2.05) is 24.3 Å². The minimum absolute atomic E-state index is 0.458. The molecule has 126 valence electrons. The van der Waals surface area contributed by atoms with E-state index in [1.165, 1.54) is 0 Å². The molecule has 0 aliphatic carbocycles. The highest BCUT2D eigenvalue weighted by Gasteiger charge is 2.16. The molecule has 2 amide bonds. The Balaban J connectivity index is 1.53. The first-order chi connectivity index (χ1) is 11.7. The van der Waals surface area contributed by atoms with Crippen LogP contribution in [0, 0.1) is 0 Å². The monoisotopic (exact) mass is 327 g/mol. The molecule has 2 aromatic rings. The van der Waals surface area contributed by atoms with E-state index in [1.54, 1.807) is 12.3 Å². The fourth-order valence-electron chi connectivity index (χ4n) is 2.73. The number of hydrogen-bond donors (Lipinski definition) is 3. The van der Waals surface area contributed by atoms with Gasteiger partial charge >= 0.3 is 11.8 Å². The zero-order chi connectivity index (χ0) is 16.8. The normalized spacial score (nSPS) is 15.2. The number of aromatic nitrogens is 1. The largest absolute Gasteiger partial charge is 0.347 e. The highest BCUT2D eigenvalue weighted by atomic mass is 16.2. The van der Waals surface area contributed by atoms with Crippen LogP contribution in [0.4, 0.5) is 5.69 Å². The Morgan fingerprint density at radius 3 is 2.75 bits per heavy atom. The first kappa shape index (κ1) is 16.4. The van der Waals surface area contributed by atoms with Gasteiger partial charge in [-0.3, -0.25) is 19.5 Å². The number of nitrogens with one attached hydrogen (secondary N) is 3. The zero-order valence-corrected chi connectivity index (χ0v) is 13.4. The summed E-state index contributed by atoms with van der Waals surface area (Å²) >= 11 is 0. The second-order valence-corrected chi connectivity index (χ2v) is 5.68. The van der Waals surface area contributed by atoms with Gasteiger partial charge in [0.05, 0.1) is 11.2 Å². The van der Waals surface area contributed by atoms with Crippen LogP contribution in [0.5, 0.6) is 0 Å². The van der Waals surface area contributed by atoms with Crippen LogP contribution in [0.2, 0.25) is 0 Å². The summed E-state index contributed by atoms with van der Waals surface area (Å²) in [5.74, 6) is -1.30. The lowest BCUT2D eigenvalue weighted by molar-refractivity contribution is -0.136. The summed E-state index contributed by atoms with van der Waals surface area (Å²) in [6.07, 6.45) is 1.66. The number of anilines is 1. The Bertz CT molecular complexity index is 722. The summed E-state index contributed by atoms with van der Waals surface area (Å²) < 4.78 is 0. The minimum Gasteiger partial charge on any atom is -0.347 e. The van der Waals surface area contributed by atoms with Gasteiger partial charge < -0.3 is 16.0 Å². The minimum atomic E-state index is -0.673. The Hall–Kier alpha value is -2.51. The fraction of sp³-hybridized carbons (Fsp3) is 0.353. The Labute approximate surface area is 140 Å². The molecule has 1 aliphatic rings. The molecule has 24 heavy (non-hydrogen) atoms. The molecule has 1 aliphatic heterocycles. The third-order valence-corrected chi connectivity index (χ3v) is 4.01. The van der Waals surface area contributed by atoms with Crippen LogP contribution in [0.1, 0.15) is 0 Å². The van der Waals surface area contributed by atoms with Crippen molar-refractivity contribution in [3.05, 3.63) is 36.5 Å². The second kappa shape index (κ2) is 7.85. The summed E-state index contributed by atoms with van der Waals surface area (Å²) in [5, 5.41) is 9.49. The molecule has 1 saturated heterocycles. The molecule has 0 bridgehead atoms. The smallest absolute Gasteiger partial charge is 0.313 e. The van der Waals surface area contributed by atoms with E-state index >= 15 is 0 Å². The predicted octanol–water partition coefficient (Wildman–Crippen LogP) is 0.195. The maximum absolute atomic E-state index is 12.1. The van der Waals surface area contributed by atoms with E-state index in [0.717, 1.165) is 38.1 Å². The quantitative estimate of drug-likeness (QED) is 0.698. The first-order valence-corrected chi connectivity index (χ1v) is 8.10. The van der Waals surface area contributed by atoms with Gasteiger partial charge in [-0.15, -0.1) is 0 Å². The number of nitrogens with zero attached hydrogens (tertiary/aromatic N) is 2. The third kappa shape index (κ3) is 4.06. The lowest BCUT2D eigenvalue weighted by Crippen LogP contribution is -2.47. The van der Waals surface area contributed by atoms with Gasteiger partial charge in [0.2, 0.25) is 0 Å². The van der Waals surface area contributed by atoms with Gasteiger partial charge in [-0.25, -0.2) is 0 Å². The molecule has 3 rings (SSSR count). The maximum atomic E-state index is 12.1. The molecule has 0 saturated carbocycles. The summed E-state index contributed by atoms with van der Waals surface area (Å²) in [6.45, 7) is 5.05. The second-order valence-electron chi connectivity index (χ2n) is 5.68. The Morgan fingerprint density at radius 2 is 1.92 bits per heavy atom. The van der Waals surface area contributed by atoms with Crippen LogP contribution >= 0.6 is 0 Å². The fourth-order valence-corrected chi connectivity index (χ4v) is 2.73. The molecule has 1 aromatic heterocycles. The van der Waals surface area contributed by atoms with Crippen molar-refractivity contribution in [3.8, 4) is 0 Å². The lowest BCUT2D eigenvalue weighted by atomic mass is 10.2. The molecule has 0 spiro atoms. The van der Waals surface area contributed by atoms with Crippen LogP contribution in [0.15, 0.2) is 36.5 Å². The number of amides is 2. The number of carbonyl (C=O) groups excluding carboxylic acids is 2. The standard InChI is InChI=1S/C17H21N5O2/c23-16(20-9-12-22-10-7-18-8-11-22)17(24)21-14-5-1-3-13-4-2-6-19-15(13)14/h1-6,18H,7-12H2,(H,20,23)(H,21,24). The van der Waals surface area contributed by atoms with Gasteiger partial charge in [0.15, 0.2) is 0 Å². The van der Waals surface area contributed by atoms with Crippen LogP contribution < -0.4 is 16.0 Å². The first-order valence-electron chi connectivity index (χ1n) is 8.10. The molecule has 0 atom stereocenters. The molecule has 3 N–H and O–H groups in total.